The molecule has 3 aromatic rings. The quantitative estimate of drug-likeness (QED) is 0.660. The topological polar surface area (TPSA) is 80.3 Å². The second-order valence-corrected chi connectivity index (χ2v) is 10.9. The van der Waals surface area contributed by atoms with Crippen molar-refractivity contribution >= 4 is 31.2 Å². The van der Waals surface area contributed by atoms with Crippen LogP contribution in [0.15, 0.2) is 75.8 Å². The van der Waals surface area contributed by atoms with Gasteiger partial charge in [-0.15, -0.1) is 11.3 Å². The van der Waals surface area contributed by atoms with E-state index in [2.05, 4.69) is 4.72 Å². The summed E-state index contributed by atoms with van der Waals surface area (Å²) in [4.78, 5) is 0.966. The Morgan fingerprint density at radius 1 is 0.852 bits per heavy atom. The Morgan fingerprint density at radius 2 is 1.44 bits per heavy atom. The van der Waals surface area contributed by atoms with Crippen molar-refractivity contribution in [1.82, 2.24) is 4.72 Å². The van der Waals surface area contributed by atoms with E-state index in [1.54, 1.807) is 0 Å². The van der Waals surface area contributed by atoms with Gasteiger partial charge in [-0.05, 0) is 48.2 Å². The van der Waals surface area contributed by atoms with Crippen LogP contribution in [0, 0.1) is 6.92 Å². The maximum absolute atomic E-state index is 12.9. The Hall–Kier alpha value is -2.00. The second-order valence-electron chi connectivity index (χ2n) is 6.22. The van der Waals surface area contributed by atoms with E-state index in [-0.39, 0.29) is 9.79 Å². The van der Waals surface area contributed by atoms with Crippen LogP contribution in [-0.2, 0) is 19.9 Å². The van der Waals surface area contributed by atoms with Crippen LogP contribution in [0.5, 0.6) is 0 Å². The number of hydrogen-bond acceptors (Lipinski definition) is 5. The highest BCUT2D eigenvalue weighted by Crippen LogP contribution is 2.28. The van der Waals surface area contributed by atoms with Crippen LogP contribution in [0.4, 0.5) is 0 Å². The largest absolute Gasteiger partial charge is 0.241 e. The molecule has 1 atom stereocenters. The van der Waals surface area contributed by atoms with Crippen LogP contribution in [-0.4, -0.2) is 23.1 Å². The minimum absolute atomic E-state index is 0.0172. The van der Waals surface area contributed by atoms with E-state index < -0.39 is 25.9 Å². The molecule has 5 nitrogen and oxygen atoms in total. The molecule has 0 saturated heterocycles. The molecule has 0 unspecified atom stereocenters. The van der Waals surface area contributed by atoms with E-state index >= 15 is 0 Å². The molecule has 8 heteroatoms. The summed E-state index contributed by atoms with van der Waals surface area (Å²) in [6, 6.07) is 16.1. The molecule has 0 radical (unpaired) electrons. The lowest BCUT2D eigenvalue weighted by Crippen LogP contribution is -2.29. The van der Waals surface area contributed by atoms with Crippen LogP contribution in [0.3, 0.4) is 0 Å². The molecule has 3 rings (SSSR count). The monoisotopic (exact) mass is 421 g/mol. The fourth-order valence-corrected chi connectivity index (χ4v) is 5.31. The van der Waals surface area contributed by atoms with Gasteiger partial charge in [-0.25, -0.2) is 16.8 Å². The second kappa shape index (κ2) is 7.55. The first-order chi connectivity index (χ1) is 12.7. The van der Waals surface area contributed by atoms with Crippen molar-refractivity contribution in [3.8, 4) is 0 Å². The van der Waals surface area contributed by atoms with E-state index in [4.69, 9.17) is 0 Å². The number of benzene rings is 2. The van der Waals surface area contributed by atoms with Gasteiger partial charge >= 0.3 is 0 Å². The zero-order chi connectivity index (χ0) is 19.7. The van der Waals surface area contributed by atoms with E-state index in [1.807, 2.05) is 48.7 Å². The highest BCUT2D eigenvalue weighted by molar-refractivity contribution is 7.90. The van der Waals surface area contributed by atoms with Crippen molar-refractivity contribution in [2.45, 2.75) is 22.8 Å². The lowest BCUT2D eigenvalue weighted by Gasteiger charge is -2.18. The molecule has 0 amide bonds. The smallest absolute Gasteiger partial charge is 0.224 e. The van der Waals surface area contributed by atoms with Gasteiger partial charge in [-0.3, -0.25) is 0 Å². The van der Waals surface area contributed by atoms with Gasteiger partial charge in [0.15, 0.2) is 9.84 Å². The summed E-state index contributed by atoms with van der Waals surface area (Å²) < 4.78 is 51.7. The summed E-state index contributed by atoms with van der Waals surface area (Å²) in [7, 11) is -7.23. The van der Waals surface area contributed by atoms with E-state index in [9.17, 15) is 16.8 Å². The summed E-state index contributed by atoms with van der Waals surface area (Å²) >= 11 is 1.47. The Bertz CT molecular complexity index is 1120. The first-order valence-electron chi connectivity index (χ1n) is 8.09. The average molecular weight is 422 g/mol. The number of aryl methyl sites for hydroxylation is 1. The molecule has 1 heterocycles. The van der Waals surface area contributed by atoms with E-state index in [1.165, 1.54) is 35.6 Å². The number of sulfone groups is 1. The summed E-state index contributed by atoms with van der Waals surface area (Å²) in [5.41, 5.74) is 1.92. The fourth-order valence-electron chi connectivity index (χ4n) is 2.59. The number of thiophene rings is 1. The van der Waals surface area contributed by atoms with Gasteiger partial charge in [0.05, 0.1) is 15.8 Å². The third kappa shape index (κ3) is 4.65. The minimum Gasteiger partial charge on any atom is -0.224 e. The van der Waals surface area contributed by atoms with Crippen molar-refractivity contribution in [1.29, 1.82) is 0 Å². The number of nitrogens with one attached hydrogen (secondary N) is 1. The molecular weight excluding hydrogens is 402 g/mol. The van der Waals surface area contributed by atoms with Crippen molar-refractivity contribution in [3.63, 3.8) is 0 Å². The van der Waals surface area contributed by atoms with Gasteiger partial charge in [0.2, 0.25) is 10.0 Å². The molecule has 0 aliphatic carbocycles. The zero-order valence-electron chi connectivity index (χ0n) is 14.8. The van der Waals surface area contributed by atoms with Crippen molar-refractivity contribution in [3.05, 3.63) is 82.0 Å². The summed E-state index contributed by atoms with van der Waals surface area (Å²) in [6.07, 6.45) is 1.08. The van der Waals surface area contributed by atoms with Gasteiger partial charge in [0.1, 0.15) is 0 Å². The summed E-state index contributed by atoms with van der Waals surface area (Å²) in [5, 5.41) is 1.89. The molecule has 0 spiro atoms. The fraction of sp³-hybridized carbons (Fsp3) is 0.158. The van der Waals surface area contributed by atoms with Gasteiger partial charge in [-0.2, -0.15) is 4.72 Å². The molecule has 1 N–H and O–H groups in total. The van der Waals surface area contributed by atoms with Crippen LogP contribution >= 0.6 is 11.3 Å². The third-order valence-corrected chi connectivity index (χ3v) is 7.58. The van der Waals surface area contributed by atoms with Crippen molar-refractivity contribution in [2.75, 3.05) is 6.26 Å². The Morgan fingerprint density at radius 3 is 1.96 bits per heavy atom. The number of sulfonamides is 1. The standard InChI is InChI=1S/C19H19NO4S3/c1-14-5-7-15(8-6-14)19(18-4-3-13-25-18)20-27(23,24)17-11-9-16(10-12-17)26(2,21)22/h3-13,19-20H,1-2H3/t19-/m1/s1. The Kier molecular flexibility index (Phi) is 5.53. The van der Waals surface area contributed by atoms with Gasteiger partial charge in [-0.1, -0.05) is 35.9 Å². The first kappa shape index (κ1) is 19.8. The van der Waals surface area contributed by atoms with Gasteiger partial charge < -0.3 is 0 Å². The number of rotatable bonds is 6. The van der Waals surface area contributed by atoms with Crippen LogP contribution in [0.2, 0.25) is 0 Å². The molecule has 2 aromatic carbocycles. The molecule has 0 fully saturated rings. The predicted octanol–water partition coefficient (Wildman–Crippen LogP) is 3.53. The zero-order valence-corrected chi connectivity index (χ0v) is 17.2. The molecule has 0 bridgehead atoms. The SMILES string of the molecule is Cc1ccc([C@@H](NS(=O)(=O)c2ccc(S(C)(=O)=O)cc2)c2cccs2)cc1. The summed E-state index contributed by atoms with van der Waals surface area (Å²) in [6.45, 7) is 1.97. The molecule has 0 aliphatic rings. The average Bonchev–Trinajstić information content (AvgIpc) is 3.14. The van der Waals surface area contributed by atoms with Crippen LogP contribution < -0.4 is 4.72 Å². The predicted molar refractivity (Wildman–Crippen MR) is 107 cm³/mol. The molecular formula is C19H19NO4S3. The highest BCUT2D eigenvalue weighted by Gasteiger charge is 2.24. The lowest BCUT2D eigenvalue weighted by molar-refractivity contribution is 0.572. The Balaban J connectivity index is 1.96. The molecule has 27 heavy (non-hydrogen) atoms. The maximum atomic E-state index is 12.9. The van der Waals surface area contributed by atoms with Crippen molar-refractivity contribution < 1.29 is 16.8 Å². The summed E-state index contributed by atoms with van der Waals surface area (Å²) in [5.74, 6) is 0. The minimum atomic E-state index is -3.84. The molecule has 142 valence electrons. The Labute approximate surface area is 163 Å². The molecule has 0 saturated carbocycles. The molecule has 1 aromatic heterocycles. The van der Waals surface area contributed by atoms with Crippen molar-refractivity contribution in [2.24, 2.45) is 0 Å². The highest BCUT2D eigenvalue weighted by atomic mass is 32.2. The first-order valence-corrected chi connectivity index (χ1v) is 12.3. The van der Waals surface area contributed by atoms with Gasteiger partial charge in [0.25, 0.3) is 0 Å². The normalized spacial score (nSPS) is 13.4. The number of hydrogen-bond donors (Lipinski definition) is 1. The third-order valence-electron chi connectivity index (χ3n) is 4.07. The lowest BCUT2D eigenvalue weighted by atomic mass is 10.0. The van der Waals surface area contributed by atoms with Crippen LogP contribution in [0.25, 0.3) is 0 Å². The van der Waals surface area contributed by atoms with E-state index in [0.29, 0.717) is 0 Å². The van der Waals surface area contributed by atoms with Gasteiger partial charge in [0, 0.05) is 11.1 Å². The molecule has 0 aliphatic heterocycles. The van der Waals surface area contributed by atoms with Crippen LogP contribution in [0.1, 0.15) is 22.0 Å². The maximum Gasteiger partial charge on any atom is 0.241 e. The van der Waals surface area contributed by atoms with E-state index in [0.717, 1.165) is 22.3 Å².